The van der Waals surface area contributed by atoms with Crippen molar-refractivity contribution in [1.29, 1.82) is 0 Å². The third-order valence-corrected chi connectivity index (χ3v) is 3.72. The van der Waals surface area contributed by atoms with Gasteiger partial charge in [0, 0.05) is 25.0 Å². The Morgan fingerprint density at radius 3 is 2.71 bits per heavy atom. The molecule has 0 saturated heterocycles. The monoisotopic (exact) mass is 257 g/mol. The zero-order valence-corrected chi connectivity index (χ0v) is 11.2. The van der Waals surface area contributed by atoms with E-state index < -0.39 is 10.0 Å². The first-order chi connectivity index (χ1) is 7.97. The highest BCUT2D eigenvalue weighted by Gasteiger charge is 2.19. The van der Waals surface area contributed by atoms with Crippen molar-refractivity contribution < 1.29 is 8.42 Å². The van der Waals surface area contributed by atoms with E-state index in [-0.39, 0.29) is 10.9 Å². The summed E-state index contributed by atoms with van der Waals surface area (Å²) in [5.74, 6) is 0. The Hall–Kier alpha value is -1.14. The zero-order valence-electron chi connectivity index (χ0n) is 10.4. The minimum absolute atomic E-state index is 0.140. The Morgan fingerprint density at radius 2 is 2.12 bits per heavy atom. The smallest absolute Gasteiger partial charge is 0.244 e. The lowest BCUT2D eigenvalue weighted by Gasteiger charge is -2.13. The summed E-state index contributed by atoms with van der Waals surface area (Å²) >= 11 is 0. The topological polar surface area (TPSA) is 71.1 Å². The molecule has 1 aromatic heterocycles. The fourth-order valence-corrected chi connectivity index (χ4v) is 2.75. The summed E-state index contributed by atoms with van der Waals surface area (Å²) in [7, 11) is -3.50. The highest BCUT2D eigenvalue weighted by atomic mass is 32.2. The second-order valence-corrected chi connectivity index (χ2v) is 5.76. The van der Waals surface area contributed by atoms with E-state index >= 15 is 0 Å². The fraction of sp³-hybridized carbons (Fsp3) is 0.545. The SMILES string of the molecule is CCCNc1ccncc1S(=O)(=O)NC(C)C. The molecule has 0 radical (unpaired) electrons. The van der Waals surface area contributed by atoms with E-state index in [1.54, 1.807) is 26.1 Å². The van der Waals surface area contributed by atoms with Gasteiger partial charge in [0.25, 0.3) is 0 Å². The number of anilines is 1. The molecule has 0 aromatic carbocycles. The maximum atomic E-state index is 12.0. The van der Waals surface area contributed by atoms with Crippen molar-refractivity contribution >= 4 is 15.7 Å². The van der Waals surface area contributed by atoms with Crippen molar-refractivity contribution in [2.24, 2.45) is 0 Å². The van der Waals surface area contributed by atoms with Gasteiger partial charge < -0.3 is 5.32 Å². The van der Waals surface area contributed by atoms with Gasteiger partial charge in [-0.25, -0.2) is 13.1 Å². The van der Waals surface area contributed by atoms with Crippen LogP contribution in [0.5, 0.6) is 0 Å². The Morgan fingerprint density at radius 1 is 1.41 bits per heavy atom. The summed E-state index contributed by atoms with van der Waals surface area (Å²) < 4.78 is 26.6. The lowest BCUT2D eigenvalue weighted by molar-refractivity contribution is 0.569. The fourth-order valence-electron chi connectivity index (χ4n) is 1.37. The van der Waals surface area contributed by atoms with Gasteiger partial charge >= 0.3 is 0 Å². The molecule has 5 nitrogen and oxygen atoms in total. The number of sulfonamides is 1. The summed E-state index contributed by atoms with van der Waals surface area (Å²) in [6.07, 6.45) is 3.87. The van der Waals surface area contributed by atoms with Crippen molar-refractivity contribution in [1.82, 2.24) is 9.71 Å². The number of aromatic nitrogens is 1. The first-order valence-corrected chi connectivity index (χ1v) is 7.16. The van der Waals surface area contributed by atoms with Gasteiger partial charge in [-0.2, -0.15) is 0 Å². The molecule has 6 heteroatoms. The molecular formula is C11H19N3O2S. The van der Waals surface area contributed by atoms with E-state index in [2.05, 4.69) is 15.0 Å². The standard InChI is InChI=1S/C11H19N3O2S/c1-4-6-13-10-5-7-12-8-11(10)17(15,16)14-9(2)3/h5,7-9,14H,4,6H2,1-3H3,(H,12,13). The van der Waals surface area contributed by atoms with Gasteiger partial charge in [-0.05, 0) is 26.3 Å². The third-order valence-electron chi connectivity index (χ3n) is 2.03. The summed E-state index contributed by atoms with van der Waals surface area (Å²) in [5.41, 5.74) is 0.593. The first-order valence-electron chi connectivity index (χ1n) is 5.67. The summed E-state index contributed by atoms with van der Waals surface area (Å²) in [4.78, 5) is 4.06. The Balaban J connectivity index is 3.04. The molecule has 0 unspecified atom stereocenters. The molecule has 0 saturated carbocycles. The van der Waals surface area contributed by atoms with Gasteiger partial charge in [-0.3, -0.25) is 4.98 Å². The predicted molar refractivity (Wildman–Crippen MR) is 68.5 cm³/mol. The molecule has 0 fully saturated rings. The van der Waals surface area contributed by atoms with Crippen molar-refractivity contribution in [2.45, 2.75) is 38.1 Å². The van der Waals surface area contributed by atoms with Gasteiger partial charge in [0.15, 0.2) is 0 Å². The lowest BCUT2D eigenvalue weighted by atomic mass is 10.4. The third kappa shape index (κ3) is 3.98. The van der Waals surface area contributed by atoms with Crippen molar-refractivity contribution in [2.75, 3.05) is 11.9 Å². The average molecular weight is 257 g/mol. The molecule has 0 aliphatic rings. The molecule has 2 N–H and O–H groups in total. The number of nitrogens with one attached hydrogen (secondary N) is 2. The molecule has 0 bridgehead atoms. The molecule has 0 amide bonds. The van der Waals surface area contributed by atoms with Crippen LogP contribution in [0.4, 0.5) is 5.69 Å². The van der Waals surface area contributed by atoms with E-state index in [0.717, 1.165) is 13.0 Å². The molecule has 0 aliphatic carbocycles. The molecule has 1 heterocycles. The highest BCUT2D eigenvalue weighted by Crippen LogP contribution is 2.19. The van der Waals surface area contributed by atoms with Crippen LogP contribution in [0, 0.1) is 0 Å². The number of hydrogen-bond acceptors (Lipinski definition) is 4. The molecular weight excluding hydrogens is 238 g/mol. The molecule has 0 atom stereocenters. The average Bonchev–Trinajstić information content (AvgIpc) is 2.25. The predicted octanol–water partition coefficient (Wildman–Crippen LogP) is 1.59. The van der Waals surface area contributed by atoms with Crippen LogP contribution in [0.25, 0.3) is 0 Å². The Kier molecular flexibility index (Phi) is 4.89. The first kappa shape index (κ1) is 13.9. The normalized spacial score (nSPS) is 11.8. The number of nitrogens with zero attached hydrogens (tertiary/aromatic N) is 1. The van der Waals surface area contributed by atoms with Crippen molar-refractivity contribution in [3.63, 3.8) is 0 Å². The summed E-state index contributed by atoms with van der Waals surface area (Å²) in [6.45, 7) is 6.32. The zero-order chi connectivity index (χ0) is 12.9. The van der Waals surface area contributed by atoms with Gasteiger partial charge in [0.2, 0.25) is 10.0 Å². The summed E-state index contributed by atoms with van der Waals surface area (Å²) in [6, 6.07) is 1.53. The molecule has 0 spiro atoms. The maximum Gasteiger partial charge on any atom is 0.244 e. The van der Waals surface area contributed by atoms with Crippen LogP contribution in [0.3, 0.4) is 0 Å². The maximum absolute atomic E-state index is 12.0. The number of hydrogen-bond donors (Lipinski definition) is 2. The van der Waals surface area contributed by atoms with Gasteiger partial charge in [-0.1, -0.05) is 6.92 Å². The van der Waals surface area contributed by atoms with Crippen LogP contribution in [0.2, 0.25) is 0 Å². The van der Waals surface area contributed by atoms with Gasteiger partial charge in [0.1, 0.15) is 4.90 Å². The minimum atomic E-state index is -3.50. The largest absolute Gasteiger partial charge is 0.384 e. The van der Waals surface area contributed by atoms with E-state index in [1.807, 2.05) is 6.92 Å². The van der Waals surface area contributed by atoms with E-state index in [9.17, 15) is 8.42 Å². The van der Waals surface area contributed by atoms with Crippen LogP contribution >= 0.6 is 0 Å². The van der Waals surface area contributed by atoms with Crippen LogP contribution in [-0.4, -0.2) is 26.0 Å². The highest BCUT2D eigenvalue weighted by molar-refractivity contribution is 7.89. The van der Waals surface area contributed by atoms with Crippen LogP contribution in [0.1, 0.15) is 27.2 Å². The molecule has 1 rings (SSSR count). The quantitative estimate of drug-likeness (QED) is 0.812. The second-order valence-electron chi connectivity index (χ2n) is 4.07. The summed E-state index contributed by atoms with van der Waals surface area (Å²) in [5, 5.41) is 3.08. The van der Waals surface area contributed by atoms with E-state index in [4.69, 9.17) is 0 Å². The van der Waals surface area contributed by atoms with E-state index in [0.29, 0.717) is 5.69 Å². The van der Waals surface area contributed by atoms with E-state index in [1.165, 1.54) is 6.20 Å². The lowest BCUT2D eigenvalue weighted by Crippen LogP contribution is -2.31. The van der Waals surface area contributed by atoms with Crippen LogP contribution < -0.4 is 10.0 Å². The van der Waals surface area contributed by atoms with Gasteiger partial charge in [0.05, 0.1) is 5.69 Å². The molecule has 1 aromatic rings. The Labute approximate surface area is 103 Å². The van der Waals surface area contributed by atoms with Crippen LogP contribution in [0.15, 0.2) is 23.4 Å². The van der Waals surface area contributed by atoms with Crippen LogP contribution in [-0.2, 0) is 10.0 Å². The second kappa shape index (κ2) is 5.97. The van der Waals surface area contributed by atoms with Gasteiger partial charge in [-0.15, -0.1) is 0 Å². The molecule has 17 heavy (non-hydrogen) atoms. The number of rotatable bonds is 6. The molecule has 96 valence electrons. The Bertz CT molecular complexity index is 458. The number of pyridine rings is 1. The van der Waals surface area contributed by atoms with Crippen molar-refractivity contribution in [3.8, 4) is 0 Å². The minimum Gasteiger partial charge on any atom is -0.384 e. The molecule has 0 aliphatic heterocycles. The van der Waals surface area contributed by atoms with Crippen molar-refractivity contribution in [3.05, 3.63) is 18.5 Å².